The van der Waals surface area contributed by atoms with Gasteiger partial charge in [0.2, 0.25) is 0 Å². The van der Waals surface area contributed by atoms with E-state index in [2.05, 4.69) is 15.3 Å². The minimum absolute atomic E-state index is 0.0374. The van der Waals surface area contributed by atoms with E-state index in [0.29, 0.717) is 0 Å². The number of aromatic nitrogens is 2. The van der Waals surface area contributed by atoms with Crippen molar-refractivity contribution in [1.82, 2.24) is 9.97 Å². The van der Waals surface area contributed by atoms with Crippen LogP contribution in [0.15, 0.2) is 35.7 Å². The number of aliphatic hydroxyl groups is 1. The van der Waals surface area contributed by atoms with E-state index in [9.17, 15) is 5.11 Å². The van der Waals surface area contributed by atoms with Crippen molar-refractivity contribution in [3.63, 3.8) is 0 Å². The summed E-state index contributed by atoms with van der Waals surface area (Å²) in [5, 5.41) is 16.1. The maximum Gasteiger partial charge on any atom is 0.139 e. The van der Waals surface area contributed by atoms with E-state index in [1.54, 1.807) is 18.4 Å². The van der Waals surface area contributed by atoms with Gasteiger partial charge < -0.3 is 15.2 Å². The standard InChI is InChI=1S/C17H19N3O2S/c1-3-15-19-16(13-7-8-23-17(13)20-15)18-14(10-21)11-5-4-6-12(9-11)22-2/h4-9,14,21H,3,10H2,1-2H3,(H,18,19,20). The van der Waals surface area contributed by atoms with Gasteiger partial charge in [-0.15, -0.1) is 11.3 Å². The molecule has 1 aromatic carbocycles. The Morgan fingerprint density at radius 1 is 1.30 bits per heavy atom. The zero-order valence-electron chi connectivity index (χ0n) is 13.1. The molecule has 0 amide bonds. The van der Waals surface area contributed by atoms with Crippen LogP contribution < -0.4 is 10.1 Å². The van der Waals surface area contributed by atoms with Gasteiger partial charge in [-0.3, -0.25) is 0 Å². The van der Waals surface area contributed by atoms with E-state index in [0.717, 1.165) is 39.6 Å². The summed E-state index contributed by atoms with van der Waals surface area (Å²) in [6.07, 6.45) is 0.769. The van der Waals surface area contributed by atoms with Gasteiger partial charge in [0.1, 0.15) is 22.2 Å². The van der Waals surface area contributed by atoms with Crippen molar-refractivity contribution in [2.75, 3.05) is 19.0 Å². The van der Waals surface area contributed by atoms with E-state index in [4.69, 9.17) is 4.74 Å². The van der Waals surface area contributed by atoms with Crippen LogP contribution in [-0.4, -0.2) is 28.8 Å². The van der Waals surface area contributed by atoms with Crippen molar-refractivity contribution in [3.8, 4) is 5.75 Å². The Kier molecular flexibility index (Phi) is 4.73. The molecule has 0 fully saturated rings. The average molecular weight is 329 g/mol. The summed E-state index contributed by atoms with van der Waals surface area (Å²) < 4.78 is 5.26. The number of thiophene rings is 1. The van der Waals surface area contributed by atoms with Crippen LogP contribution in [0.4, 0.5) is 5.82 Å². The van der Waals surface area contributed by atoms with Gasteiger partial charge in [0.25, 0.3) is 0 Å². The number of benzene rings is 1. The highest BCUT2D eigenvalue weighted by Gasteiger charge is 2.15. The molecule has 2 N–H and O–H groups in total. The summed E-state index contributed by atoms with van der Waals surface area (Å²) in [6.45, 7) is 1.99. The number of hydrogen-bond acceptors (Lipinski definition) is 6. The number of nitrogens with zero attached hydrogens (tertiary/aromatic N) is 2. The number of rotatable bonds is 6. The molecule has 23 heavy (non-hydrogen) atoms. The van der Waals surface area contributed by atoms with Gasteiger partial charge in [0, 0.05) is 6.42 Å². The van der Waals surface area contributed by atoms with Crippen molar-refractivity contribution < 1.29 is 9.84 Å². The van der Waals surface area contributed by atoms with Crippen LogP contribution in [0.1, 0.15) is 24.4 Å². The Bertz CT molecular complexity index is 803. The normalized spacial score (nSPS) is 12.3. The molecule has 0 aliphatic carbocycles. The van der Waals surface area contributed by atoms with Crippen molar-refractivity contribution in [1.29, 1.82) is 0 Å². The summed E-state index contributed by atoms with van der Waals surface area (Å²) >= 11 is 1.59. The molecule has 2 aromatic heterocycles. The largest absolute Gasteiger partial charge is 0.497 e. The Morgan fingerprint density at radius 3 is 2.91 bits per heavy atom. The first kappa shape index (κ1) is 15.7. The first-order chi connectivity index (χ1) is 11.2. The van der Waals surface area contributed by atoms with Gasteiger partial charge in [0.15, 0.2) is 0 Å². The molecular weight excluding hydrogens is 310 g/mol. The molecule has 0 saturated carbocycles. The molecule has 1 unspecified atom stereocenters. The zero-order chi connectivity index (χ0) is 16.2. The molecule has 0 spiro atoms. The predicted octanol–water partition coefficient (Wildman–Crippen LogP) is 3.41. The zero-order valence-corrected chi connectivity index (χ0v) is 13.9. The highest BCUT2D eigenvalue weighted by atomic mass is 32.1. The topological polar surface area (TPSA) is 67.3 Å². The summed E-state index contributed by atoms with van der Waals surface area (Å²) in [4.78, 5) is 10.1. The number of aryl methyl sites for hydroxylation is 1. The van der Waals surface area contributed by atoms with Crippen LogP contribution >= 0.6 is 11.3 Å². The lowest BCUT2D eigenvalue weighted by atomic mass is 10.1. The molecule has 2 heterocycles. The van der Waals surface area contributed by atoms with Crippen LogP contribution in [0, 0.1) is 0 Å². The quantitative estimate of drug-likeness (QED) is 0.725. The van der Waals surface area contributed by atoms with Crippen molar-refractivity contribution in [2.45, 2.75) is 19.4 Å². The van der Waals surface area contributed by atoms with Crippen molar-refractivity contribution in [3.05, 3.63) is 47.1 Å². The third-order valence-electron chi connectivity index (χ3n) is 3.68. The van der Waals surface area contributed by atoms with Crippen LogP contribution in [0.25, 0.3) is 10.2 Å². The van der Waals surface area contributed by atoms with E-state index in [-0.39, 0.29) is 12.6 Å². The lowest BCUT2D eigenvalue weighted by Crippen LogP contribution is -2.16. The molecule has 0 aliphatic heterocycles. The third kappa shape index (κ3) is 3.28. The average Bonchev–Trinajstić information content (AvgIpc) is 3.08. The van der Waals surface area contributed by atoms with E-state index < -0.39 is 0 Å². The fourth-order valence-corrected chi connectivity index (χ4v) is 3.21. The van der Waals surface area contributed by atoms with Crippen LogP contribution in [0.5, 0.6) is 5.75 Å². The second-order valence-electron chi connectivity index (χ2n) is 5.14. The maximum atomic E-state index is 9.81. The lowest BCUT2D eigenvalue weighted by molar-refractivity contribution is 0.276. The second-order valence-corrected chi connectivity index (χ2v) is 6.03. The first-order valence-corrected chi connectivity index (χ1v) is 8.38. The molecule has 1 atom stereocenters. The first-order valence-electron chi connectivity index (χ1n) is 7.50. The Balaban J connectivity index is 1.96. The smallest absolute Gasteiger partial charge is 0.139 e. The van der Waals surface area contributed by atoms with Gasteiger partial charge in [-0.05, 0) is 29.1 Å². The van der Waals surface area contributed by atoms with E-state index in [1.165, 1.54) is 0 Å². The molecule has 120 valence electrons. The molecule has 0 radical (unpaired) electrons. The molecule has 3 aromatic rings. The maximum absolute atomic E-state index is 9.81. The Labute approximate surface area is 139 Å². The minimum Gasteiger partial charge on any atom is -0.497 e. The molecule has 0 saturated heterocycles. The molecular formula is C17H19N3O2S. The third-order valence-corrected chi connectivity index (χ3v) is 4.48. The SMILES string of the molecule is CCc1nc(NC(CO)c2cccc(OC)c2)c2ccsc2n1. The molecule has 0 aliphatic rings. The number of hydrogen-bond donors (Lipinski definition) is 2. The fourth-order valence-electron chi connectivity index (χ4n) is 2.43. The van der Waals surface area contributed by atoms with Gasteiger partial charge in [-0.2, -0.15) is 0 Å². The highest BCUT2D eigenvalue weighted by Crippen LogP contribution is 2.29. The summed E-state index contributed by atoms with van der Waals surface area (Å²) in [5.74, 6) is 2.32. The molecule has 5 nitrogen and oxygen atoms in total. The van der Waals surface area contributed by atoms with Crippen LogP contribution in [0.3, 0.4) is 0 Å². The number of nitrogens with one attached hydrogen (secondary N) is 1. The van der Waals surface area contributed by atoms with Gasteiger partial charge in [-0.1, -0.05) is 19.1 Å². The van der Waals surface area contributed by atoms with Crippen LogP contribution in [0.2, 0.25) is 0 Å². The highest BCUT2D eigenvalue weighted by molar-refractivity contribution is 7.16. The molecule has 0 bridgehead atoms. The van der Waals surface area contributed by atoms with Crippen molar-refractivity contribution in [2.24, 2.45) is 0 Å². The van der Waals surface area contributed by atoms with Gasteiger partial charge in [-0.25, -0.2) is 9.97 Å². The number of anilines is 1. The predicted molar refractivity (Wildman–Crippen MR) is 93.2 cm³/mol. The van der Waals surface area contributed by atoms with Crippen molar-refractivity contribution >= 4 is 27.4 Å². The lowest BCUT2D eigenvalue weighted by Gasteiger charge is -2.19. The summed E-state index contributed by atoms with van der Waals surface area (Å²) in [6, 6.07) is 9.42. The van der Waals surface area contributed by atoms with E-state index in [1.807, 2.05) is 42.6 Å². The second kappa shape index (κ2) is 6.93. The Hall–Kier alpha value is -2.18. The van der Waals surface area contributed by atoms with Crippen LogP contribution in [-0.2, 0) is 6.42 Å². The van der Waals surface area contributed by atoms with Gasteiger partial charge >= 0.3 is 0 Å². The number of ether oxygens (including phenoxy) is 1. The molecule has 3 rings (SSSR count). The minimum atomic E-state index is -0.257. The number of aliphatic hydroxyl groups excluding tert-OH is 1. The molecule has 6 heteroatoms. The number of fused-ring (bicyclic) bond motifs is 1. The monoisotopic (exact) mass is 329 g/mol. The number of methoxy groups -OCH3 is 1. The Morgan fingerprint density at radius 2 is 2.17 bits per heavy atom. The summed E-state index contributed by atoms with van der Waals surface area (Å²) in [7, 11) is 1.63. The fraction of sp³-hybridized carbons (Fsp3) is 0.294. The van der Waals surface area contributed by atoms with E-state index >= 15 is 0 Å². The summed E-state index contributed by atoms with van der Waals surface area (Å²) in [5.41, 5.74) is 0.951. The van der Waals surface area contributed by atoms with Gasteiger partial charge in [0.05, 0.1) is 25.1 Å².